The van der Waals surface area contributed by atoms with Gasteiger partial charge in [-0.25, -0.2) is 4.98 Å². The molecule has 106 valence electrons. The molecule has 0 aliphatic heterocycles. The van der Waals surface area contributed by atoms with E-state index in [0.717, 1.165) is 31.4 Å². The lowest BCUT2D eigenvalue weighted by atomic mass is 10.0. The molecule has 0 atom stereocenters. The number of aryl methyl sites for hydroxylation is 2. The van der Waals surface area contributed by atoms with E-state index in [0.29, 0.717) is 6.42 Å². The normalized spacial score (nSPS) is 10.7. The van der Waals surface area contributed by atoms with Gasteiger partial charge >= 0.3 is 0 Å². The van der Waals surface area contributed by atoms with Gasteiger partial charge in [0.05, 0.1) is 5.69 Å². The second kappa shape index (κ2) is 7.63. The highest BCUT2D eigenvalue weighted by molar-refractivity contribution is 5.91. The molecule has 1 heterocycles. The summed E-state index contributed by atoms with van der Waals surface area (Å²) >= 11 is 0. The van der Waals surface area contributed by atoms with Gasteiger partial charge in [0.2, 0.25) is 5.78 Å². The molecule has 2 aromatic rings. The Bertz CT molecular complexity index is 531. The van der Waals surface area contributed by atoms with E-state index in [4.69, 9.17) is 4.42 Å². The Hall–Kier alpha value is -1.90. The van der Waals surface area contributed by atoms with Crippen LogP contribution in [0.2, 0.25) is 0 Å². The second-order valence-corrected chi connectivity index (χ2v) is 5.12. The van der Waals surface area contributed by atoms with Crippen molar-refractivity contribution < 1.29 is 9.21 Å². The largest absolute Gasteiger partial charge is 0.442 e. The topological polar surface area (TPSA) is 43.1 Å². The Morgan fingerprint density at radius 2 is 1.85 bits per heavy atom. The highest BCUT2D eigenvalue weighted by Crippen LogP contribution is 2.11. The number of rotatable bonds is 8. The molecule has 0 radical (unpaired) electrons. The first-order chi connectivity index (χ1) is 9.75. The zero-order chi connectivity index (χ0) is 14.2. The van der Waals surface area contributed by atoms with Gasteiger partial charge in [0.1, 0.15) is 6.26 Å². The lowest BCUT2D eigenvalue weighted by Crippen LogP contribution is -1.99. The Balaban J connectivity index is 1.57. The molecule has 0 bridgehead atoms. The van der Waals surface area contributed by atoms with Gasteiger partial charge in [-0.1, -0.05) is 43.2 Å². The van der Waals surface area contributed by atoms with E-state index in [-0.39, 0.29) is 11.7 Å². The molecule has 20 heavy (non-hydrogen) atoms. The van der Waals surface area contributed by atoms with Crippen LogP contribution in [-0.4, -0.2) is 10.8 Å². The molecule has 0 saturated heterocycles. The van der Waals surface area contributed by atoms with Crippen molar-refractivity contribution in [3.8, 4) is 0 Å². The molecular weight excluding hydrogens is 250 g/mol. The van der Waals surface area contributed by atoms with Gasteiger partial charge in [0.15, 0.2) is 0 Å². The third-order valence-electron chi connectivity index (χ3n) is 3.32. The summed E-state index contributed by atoms with van der Waals surface area (Å²) in [5.41, 5.74) is 2.15. The number of hydrogen-bond acceptors (Lipinski definition) is 3. The Kier molecular flexibility index (Phi) is 5.54. The Morgan fingerprint density at radius 1 is 1.10 bits per heavy atom. The van der Waals surface area contributed by atoms with Crippen LogP contribution in [0.4, 0.5) is 0 Å². The van der Waals surface area contributed by atoms with Crippen LogP contribution in [-0.2, 0) is 6.42 Å². The van der Waals surface area contributed by atoms with Crippen LogP contribution in [0, 0.1) is 6.92 Å². The predicted octanol–water partition coefficient (Wildman–Crippen LogP) is 4.36. The van der Waals surface area contributed by atoms with E-state index in [1.807, 2.05) is 13.0 Å². The van der Waals surface area contributed by atoms with E-state index >= 15 is 0 Å². The summed E-state index contributed by atoms with van der Waals surface area (Å²) in [6.07, 6.45) is 7.50. The fourth-order valence-electron chi connectivity index (χ4n) is 2.20. The van der Waals surface area contributed by atoms with Crippen molar-refractivity contribution in [2.45, 2.75) is 45.4 Å². The molecule has 1 aromatic heterocycles. The first-order valence-corrected chi connectivity index (χ1v) is 7.25. The number of carbonyl (C=O) groups excluding carboxylic acids is 1. The average Bonchev–Trinajstić information content (AvgIpc) is 2.90. The minimum Gasteiger partial charge on any atom is -0.442 e. The van der Waals surface area contributed by atoms with Crippen molar-refractivity contribution >= 4 is 5.78 Å². The standard InChI is InChI=1S/C17H21NO2/c1-14-13-20-17(18-14)16(19)12-8-3-2-5-9-15-10-6-4-7-11-15/h4,6-7,10-11,13H,2-3,5,8-9,12H2,1H3. The van der Waals surface area contributed by atoms with Crippen LogP contribution < -0.4 is 0 Å². The van der Waals surface area contributed by atoms with Gasteiger partial charge in [-0.2, -0.15) is 0 Å². The Morgan fingerprint density at radius 3 is 2.55 bits per heavy atom. The van der Waals surface area contributed by atoms with Crippen molar-refractivity contribution in [2.75, 3.05) is 0 Å². The van der Waals surface area contributed by atoms with E-state index in [1.54, 1.807) is 0 Å². The van der Waals surface area contributed by atoms with Crippen LogP contribution in [0.1, 0.15) is 54.0 Å². The van der Waals surface area contributed by atoms with Crippen molar-refractivity contribution in [3.63, 3.8) is 0 Å². The molecule has 2 rings (SSSR count). The van der Waals surface area contributed by atoms with Crippen molar-refractivity contribution in [2.24, 2.45) is 0 Å². The Labute approximate surface area is 120 Å². The van der Waals surface area contributed by atoms with E-state index in [9.17, 15) is 4.79 Å². The number of nitrogens with zero attached hydrogens (tertiary/aromatic N) is 1. The van der Waals surface area contributed by atoms with Gasteiger partial charge in [-0.15, -0.1) is 0 Å². The van der Waals surface area contributed by atoms with Gasteiger partial charge < -0.3 is 4.42 Å². The highest BCUT2D eigenvalue weighted by atomic mass is 16.3. The first kappa shape index (κ1) is 14.5. The number of oxazole rings is 1. The molecule has 1 aromatic carbocycles. The van der Waals surface area contributed by atoms with E-state index in [1.165, 1.54) is 18.2 Å². The summed E-state index contributed by atoms with van der Waals surface area (Å²) in [5.74, 6) is 0.271. The van der Waals surface area contributed by atoms with Crippen LogP contribution in [0.5, 0.6) is 0 Å². The van der Waals surface area contributed by atoms with Crippen LogP contribution in [0.25, 0.3) is 0 Å². The molecule has 0 fully saturated rings. The smallest absolute Gasteiger partial charge is 0.263 e. The zero-order valence-corrected chi connectivity index (χ0v) is 12.0. The molecule has 0 saturated carbocycles. The molecule has 3 heteroatoms. The lowest BCUT2D eigenvalue weighted by molar-refractivity contribution is 0.0945. The number of carbonyl (C=O) groups is 1. The summed E-state index contributed by atoms with van der Waals surface area (Å²) in [5, 5.41) is 0. The molecule has 0 N–H and O–H groups in total. The summed E-state index contributed by atoms with van der Waals surface area (Å²) in [6.45, 7) is 1.82. The van der Waals surface area contributed by atoms with E-state index < -0.39 is 0 Å². The van der Waals surface area contributed by atoms with Crippen molar-refractivity contribution in [1.29, 1.82) is 0 Å². The van der Waals surface area contributed by atoms with Crippen molar-refractivity contribution in [1.82, 2.24) is 4.98 Å². The summed E-state index contributed by atoms with van der Waals surface area (Å²) in [7, 11) is 0. The van der Waals surface area contributed by atoms with Crippen LogP contribution >= 0.6 is 0 Å². The number of benzene rings is 1. The summed E-state index contributed by atoms with van der Waals surface area (Å²) in [6, 6.07) is 10.5. The number of Topliss-reactive ketones (excluding diaryl/α,β-unsaturated/α-hetero) is 1. The molecular formula is C17H21NO2. The third-order valence-corrected chi connectivity index (χ3v) is 3.32. The summed E-state index contributed by atoms with van der Waals surface area (Å²) in [4.78, 5) is 15.8. The van der Waals surface area contributed by atoms with E-state index in [2.05, 4.69) is 29.2 Å². The molecule has 0 aliphatic rings. The first-order valence-electron chi connectivity index (χ1n) is 7.25. The number of unbranched alkanes of at least 4 members (excludes halogenated alkanes) is 3. The average molecular weight is 271 g/mol. The highest BCUT2D eigenvalue weighted by Gasteiger charge is 2.11. The van der Waals surface area contributed by atoms with Gasteiger partial charge in [0.25, 0.3) is 5.89 Å². The molecule has 0 amide bonds. The minimum atomic E-state index is 0.0150. The molecule has 0 aliphatic carbocycles. The second-order valence-electron chi connectivity index (χ2n) is 5.12. The van der Waals surface area contributed by atoms with Gasteiger partial charge in [-0.3, -0.25) is 4.79 Å². The fourth-order valence-corrected chi connectivity index (χ4v) is 2.20. The zero-order valence-electron chi connectivity index (χ0n) is 12.0. The number of aromatic nitrogens is 1. The maximum Gasteiger partial charge on any atom is 0.263 e. The lowest BCUT2D eigenvalue weighted by Gasteiger charge is -2.01. The number of ketones is 1. The predicted molar refractivity (Wildman–Crippen MR) is 78.8 cm³/mol. The van der Waals surface area contributed by atoms with Gasteiger partial charge in [-0.05, 0) is 31.7 Å². The maximum absolute atomic E-state index is 11.8. The van der Waals surface area contributed by atoms with Gasteiger partial charge in [0, 0.05) is 6.42 Å². The molecule has 3 nitrogen and oxygen atoms in total. The fraction of sp³-hybridized carbons (Fsp3) is 0.412. The maximum atomic E-state index is 11.8. The van der Waals surface area contributed by atoms with Crippen molar-refractivity contribution in [3.05, 3.63) is 53.7 Å². The number of hydrogen-bond donors (Lipinski definition) is 0. The molecule has 0 unspecified atom stereocenters. The minimum absolute atomic E-state index is 0.0150. The third kappa shape index (κ3) is 4.65. The van der Waals surface area contributed by atoms with Crippen LogP contribution in [0.3, 0.4) is 0 Å². The molecule has 0 spiro atoms. The summed E-state index contributed by atoms with van der Waals surface area (Å²) < 4.78 is 5.10. The monoisotopic (exact) mass is 271 g/mol. The van der Waals surface area contributed by atoms with Crippen LogP contribution in [0.15, 0.2) is 41.0 Å². The SMILES string of the molecule is Cc1coc(C(=O)CCCCCCc2ccccc2)n1. The quantitative estimate of drug-likeness (QED) is 0.529.